The van der Waals surface area contributed by atoms with Gasteiger partial charge in [-0.15, -0.1) is 0 Å². The number of nitrogens with zero attached hydrogens (tertiary/aromatic N) is 1. The molecule has 1 atom stereocenters. The smallest absolute Gasteiger partial charge is 0.305 e. The van der Waals surface area contributed by atoms with E-state index in [1.54, 1.807) is 0 Å². The molecule has 1 N–H and O–H groups in total. The second-order valence-corrected chi connectivity index (χ2v) is 6.63. The lowest BCUT2D eigenvalue weighted by Crippen LogP contribution is -2.50. The molecule has 0 heterocycles. The van der Waals surface area contributed by atoms with Crippen LogP contribution in [0.4, 0.5) is 0 Å². The molecule has 1 saturated carbocycles. The second kappa shape index (κ2) is 6.80. The Bertz CT molecular complexity index is 497. The molecule has 21 heavy (non-hydrogen) atoms. The van der Waals surface area contributed by atoms with Gasteiger partial charge in [0.1, 0.15) is 0 Å². The number of rotatable bonds is 5. The molecule has 4 heteroatoms. The number of carboxylic acid groups (broad SMARTS) is 1. The first-order valence-corrected chi connectivity index (χ1v) is 8.03. The van der Waals surface area contributed by atoms with Crippen LogP contribution in [0.25, 0.3) is 0 Å². The average Bonchev–Trinajstić information content (AvgIpc) is 2.46. The van der Waals surface area contributed by atoms with Crippen LogP contribution in [0.2, 0.25) is 5.02 Å². The number of carboxylic acids is 1. The maximum Gasteiger partial charge on any atom is 0.305 e. The lowest BCUT2D eigenvalue weighted by Gasteiger charge is -2.47. The van der Waals surface area contributed by atoms with Crippen LogP contribution >= 0.6 is 11.6 Å². The van der Waals surface area contributed by atoms with Gasteiger partial charge in [0.05, 0.1) is 6.42 Å². The third-order valence-corrected chi connectivity index (χ3v) is 5.16. The van der Waals surface area contributed by atoms with Gasteiger partial charge in [-0.05, 0) is 44.5 Å². The van der Waals surface area contributed by atoms with Crippen molar-refractivity contribution in [3.8, 4) is 0 Å². The van der Waals surface area contributed by atoms with Crippen LogP contribution in [-0.2, 0) is 4.79 Å². The first-order valence-electron chi connectivity index (χ1n) is 7.65. The van der Waals surface area contributed by atoms with Gasteiger partial charge in [0.15, 0.2) is 0 Å². The fraction of sp³-hybridized carbons (Fsp3) is 0.588. The predicted molar refractivity (Wildman–Crippen MR) is 85.7 cm³/mol. The number of hydrogen-bond acceptors (Lipinski definition) is 2. The molecule has 116 valence electrons. The van der Waals surface area contributed by atoms with Crippen LogP contribution < -0.4 is 0 Å². The molecule has 1 aromatic carbocycles. The third-order valence-electron chi connectivity index (χ3n) is 4.92. The van der Waals surface area contributed by atoms with Gasteiger partial charge in [0.25, 0.3) is 0 Å². The average molecular weight is 310 g/mol. The van der Waals surface area contributed by atoms with E-state index in [-0.39, 0.29) is 18.0 Å². The quantitative estimate of drug-likeness (QED) is 0.870. The van der Waals surface area contributed by atoms with Crippen LogP contribution in [0, 0.1) is 0 Å². The minimum atomic E-state index is -0.706. The summed E-state index contributed by atoms with van der Waals surface area (Å²) in [4.78, 5) is 13.6. The van der Waals surface area contributed by atoms with Gasteiger partial charge in [-0.3, -0.25) is 9.69 Å². The molecule has 2 rings (SSSR count). The second-order valence-electron chi connectivity index (χ2n) is 6.20. The van der Waals surface area contributed by atoms with Gasteiger partial charge in [-0.25, -0.2) is 0 Å². The molecular formula is C17H24ClNO2. The molecule has 0 aliphatic heterocycles. The van der Waals surface area contributed by atoms with Crippen molar-refractivity contribution < 1.29 is 9.90 Å². The zero-order chi connectivity index (χ0) is 15.5. The van der Waals surface area contributed by atoms with Crippen molar-refractivity contribution in [3.05, 3.63) is 34.9 Å². The fourth-order valence-corrected chi connectivity index (χ4v) is 3.75. The summed E-state index contributed by atoms with van der Waals surface area (Å²) in [6.45, 7) is 2.13. The summed E-state index contributed by atoms with van der Waals surface area (Å²) in [6, 6.07) is 8.00. The normalized spacial score (nSPS) is 19.4. The summed E-state index contributed by atoms with van der Waals surface area (Å²) in [5.41, 5.74) is 0.909. The zero-order valence-corrected chi connectivity index (χ0v) is 13.6. The summed E-state index contributed by atoms with van der Waals surface area (Å²) in [7, 11) is 2.06. The number of halogens is 1. The van der Waals surface area contributed by atoms with Crippen LogP contribution in [0.1, 0.15) is 57.1 Å². The van der Waals surface area contributed by atoms with Crippen molar-refractivity contribution in [2.45, 2.75) is 57.0 Å². The molecule has 1 aromatic rings. The predicted octanol–water partition coefficient (Wildman–Crippen LogP) is 4.51. The lowest BCUT2D eigenvalue weighted by molar-refractivity contribution is -0.141. The van der Waals surface area contributed by atoms with Crippen LogP contribution in [0.15, 0.2) is 24.3 Å². The summed E-state index contributed by atoms with van der Waals surface area (Å²) in [6.07, 6.45) is 5.57. The van der Waals surface area contributed by atoms with Crippen molar-refractivity contribution >= 4 is 17.6 Å². The van der Waals surface area contributed by atoms with Gasteiger partial charge in [-0.2, -0.15) is 0 Å². The highest BCUT2D eigenvalue weighted by Gasteiger charge is 2.40. The molecule has 0 spiro atoms. The Morgan fingerprint density at radius 1 is 1.38 bits per heavy atom. The molecule has 1 aliphatic carbocycles. The maximum atomic E-state index is 11.3. The van der Waals surface area contributed by atoms with E-state index in [0.717, 1.165) is 36.3 Å². The van der Waals surface area contributed by atoms with Crippen molar-refractivity contribution in [1.82, 2.24) is 4.90 Å². The van der Waals surface area contributed by atoms with E-state index in [1.807, 2.05) is 18.2 Å². The van der Waals surface area contributed by atoms with Gasteiger partial charge < -0.3 is 5.11 Å². The highest BCUT2D eigenvalue weighted by Crippen LogP contribution is 2.40. The topological polar surface area (TPSA) is 40.5 Å². The first kappa shape index (κ1) is 16.3. The fourth-order valence-electron chi connectivity index (χ4n) is 3.55. The van der Waals surface area contributed by atoms with E-state index in [2.05, 4.69) is 24.9 Å². The molecule has 0 aromatic heterocycles. The van der Waals surface area contributed by atoms with Crippen LogP contribution in [0.3, 0.4) is 0 Å². The standard InChI is InChI=1S/C17H24ClNO2/c1-13(14-7-6-8-15(18)11-14)19(2)17(12-16(20)21)9-4-3-5-10-17/h6-8,11,13H,3-5,9-10,12H2,1-2H3,(H,20,21). The molecule has 3 nitrogen and oxygen atoms in total. The highest BCUT2D eigenvalue weighted by molar-refractivity contribution is 6.30. The Labute approximate surface area is 131 Å². The van der Waals surface area contributed by atoms with E-state index in [0.29, 0.717) is 0 Å². The summed E-state index contributed by atoms with van der Waals surface area (Å²) < 4.78 is 0. The minimum absolute atomic E-state index is 0.154. The molecule has 0 saturated heterocycles. The maximum absolute atomic E-state index is 11.3. The minimum Gasteiger partial charge on any atom is -0.481 e. The van der Waals surface area contributed by atoms with E-state index in [1.165, 1.54) is 6.42 Å². The van der Waals surface area contributed by atoms with Crippen molar-refractivity contribution in [3.63, 3.8) is 0 Å². The Morgan fingerprint density at radius 2 is 2.05 bits per heavy atom. The van der Waals surface area contributed by atoms with Gasteiger partial charge in [0, 0.05) is 16.6 Å². The largest absolute Gasteiger partial charge is 0.481 e. The highest BCUT2D eigenvalue weighted by atomic mass is 35.5. The third kappa shape index (κ3) is 3.78. The SMILES string of the molecule is CC(c1cccc(Cl)c1)N(C)C1(CC(=O)O)CCCCC1. The lowest BCUT2D eigenvalue weighted by atomic mass is 9.77. The summed E-state index contributed by atoms with van der Waals surface area (Å²) in [5.74, 6) is -0.706. The van der Waals surface area contributed by atoms with E-state index in [4.69, 9.17) is 11.6 Å². The van der Waals surface area contributed by atoms with E-state index >= 15 is 0 Å². The van der Waals surface area contributed by atoms with Gasteiger partial charge in [-0.1, -0.05) is 43.0 Å². The summed E-state index contributed by atoms with van der Waals surface area (Å²) >= 11 is 6.09. The van der Waals surface area contributed by atoms with Gasteiger partial charge >= 0.3 is 5.97 Å². The Hall–Kier alpha value is -1.06. The Kier molecular flexibility index (Phi) is 5.28. The molecule has 0 amide bonds. The zero-order valence-electron chi connectivity index (χ0n) is 12.8. The molecule has 1 aliphatic rings. The monoisotopic (exact) mass is 309 g/mol. The first-order chi connectivity index (χ1) is 9.94. The number of aliphatic carboxylic acids is 1. The molecule has 1 unspecified atom stereocenters. The van der Waals surface area contributed by atoms with Crippen molar-refractivity contribution in [2.24, 2.45) is 0 Å². The van der Waals surface area contributed by atoms with Crippen molar-refractivity contribution in [1.29, 1.82) is 0 Å². The van der Waals surface area contributed by atoms with E-state index < -0.39 is 5.97 Å². The molecular weight excluding hydrogens is 286 g/mol. The number of hydrogen-bond donors (Lipinski definition) is 1. The number of carbonyl (C=O) groups is 1. The van der Waals surface area contributed by atoms with Crippen LogP contribution in [0.5, 0.6) is 0 Å². The molecule has 0 bridgehead atoms. The van der Waals surface area contributed by atoms with Gasteiger partial charge in [0.2, 0.25) is 0 Å². The number of benzene rings is 1. The van der Waals surface area contributed by atoms with E-state index in [9.17, 15) is 9.90 Å². The molecule has 1 fully saturated rings. The molecule has 0 radical (unpaired) electrons. The summed E-state index contributed by atoms with van der Waals surface area (Å²) in [5, 5.41) is 10.1. The Balaban J connectivity index is 2.24. The van der Waals surface area contributed by atoms with Crippen LogP contribution in [-0.4, -0.2) is 28.6 Å². The Morgan fingerprint density at radius 3 is 2.62 bits per heavy atom. The van der Waals surface area contributed by atoms with Crippen molar-refractivity contribution in [2.75, 3.05) is 7.05 Å².